The molecule has 0 atom stereocenters. The number of morpholine rings is 1. The van der Waals surface area contributed by atoms with Crippen LogP contribution in [0.25, 0.3) is 0 Å². The molecule has 1 aromatic rings. The Kier molecular flexibility index (Phi) is 7.36. The number of nitrogens with zero attached hydrogens (tertiary/aromatic N) is 2. The fourth-order valence-corrected chi connectivity index (χ4v) is 3.48. The maximum absolute atomic E-state index is 11.7. The molecule has 0 radical (unpaired) electrons. The molecule has 126 valence electrons. The molecule has 2 rings (SSSR count). The Morgan fingerprint density at radius 3 is 2.30 bits per heavy atom. The Bertz CT molecular complexity index is 586. The second-order valence-electron chi connectivity index (χ2n) is 4.52. The monoisotopic (exact) mass is 395 g/mol. The number of hydroxylamine groups is 2. The van der Waals surface area contributed by atoms with Gasteiger partial charge >= 0.3 is 0 Å². The fourth-order valence-electron chi connectivity index (χ4n) is 1.98. The molecule has 1 aromatic carbocycles. The first-order valence-corrected chi connectivity index (χ1v) is 8.63. The molecule has 0 spiro atoms. The van der Waals surface area contributed by atoms with Crippen LogP contribution in [0, 0.1) is 5.21 Å². The molecule has 5 nitrogen and oxygen atoms in total. The van der Waals surface area contributed by atoms with Gasteiger partial charge in [0.15, 0.2) is 0 Å². The Hall–Kier alpha value is -0.600. The van der Waals surface area contributed by atoms with Crippen LogP contribution in [0.4, 0.5) is 0 Å². The van der Waals surface area contributed by atoms with E-state index in [2.05, 4.69) is 0 Å². The summed E-state index contributed by atoms with van der Waals surface area (Å²) in [6, 6.07) is 9.40. The van der Waals surface area contributed by atoms with Crippen molar-refractivity contribution in [3.63, 3.8) is 0 Å². The van der Waals surface area contributed by atoms with Crippen molar-refractivity contribution in [2.75, 3.05) is 26.3 Å². The quantitative estimate of drug-likeness (QED) is 0.453. The summed E-state index contributed by atoms with van der Waals surface area (Å²) in [4.78, 5) is 2.78. The molecule has 1 saturated heterocycles. The normalized spacial score (nSPS) is 16.0. The smallest absolute Gasteiger partial charge is 0.127 e. The lowest BCUT2D eigenvalue weighted by atomic mass is 10.4. The van der Waals surface area contributed by atoms with E-state index in [0.29, 0.717) is 31.3 Å². The average Bonchev–Trinajstić information content (AvgIpc) is 2.55. The minimum Gasteiger partial charge on any atom is -0.733 e. The van der Waals surface area contributed by atoms with E-state index in [1.54, 1.807) is 0 Å². The Balaban J connectivity index is 2.48. The molecule has 1 heterocycles. The van der Waals surface area contributed by atoms with Crippen LogP contribution < -0.4 is 0 Å². The molecule has 0 amide bonds. The number of ether oxygens (including phenoxy) is 1. The van der Waals surface area contributed by atoms with Gasteiger partial charge in [-0.05, 0) is 12.1 Å². The third-order valence-electron chi connectivity index (χ3n) is 3.02. The summed E-state index contributed by atoms with van der Waals surface area (Å²) in [6.45, 7) is 2.12. The van der Waals surface area contributed by atoms with Gasteiger partial charge in [0.05, 0.1) is 18.2 Å². The molecule has 23 heavy (non-hydrogen) atoms. The molecule has 0 aromatic heterocycles. The highest BCUT2D eigenvalue weighted by molar-refractivity contribution is 8.03. The molecular weight excluding hydrogens is 383 g/mol. The van der Waals surface area contributed by atoms with Gasteiger partial charge in [0.25, 0.3) is 0 Å². The highest BCUT2D eigenvalue weighted by Crippen LogP contribution is 2.38. The molecule has 0 aliphatic carbocycles. The van der Waals surface area contributed by atoms with Crippen molar-refractivity contribution in [3.8, 4) is 0 Å². The average molecular weight is 397 g/mol. The van der Waals surface area contributed by atoms with Crippen LogP contribution in [0.2, 0.25) is 0 Å². The summed E-state index contributed by atoms with van der Waals surface area (Å²) in [6.07, 6.45) is 0. The predicted molar refractivity (Wildman–Crippen MR) is 93.3 cm³/mol. The van der Waals surface area contributed by atoms with E-state index in [1.807, 2.05) is 35.2 Å². The van der Waals surface area contributed by atoms with Crippen molar-refractivity contribution in [2.45, 2.75) is 4.90 Å². The second-order valence-corrected chi connectivity index (χ2v) is 6.91. The molecule has 1 aliphatic rings. The molecule has 0 saturated carbocycles. The fraction of sp³-hybridized carbons (Fsp3) is 0.286. The van der Waals surface area contributed by atoms with E-state index in [9.17, 15) is 10.4 Å². The molecule has 9 heteroatoms. The second kappa shape index (κ2) is 9.03. The molecule has 1 fully saturated rings. The van der Waals surface area contributed by atoms with Gasteiger partial charge in [-0.2, -0.15) is 0 Å². The SMILES string of the molecule is [O-]N(O)/C(C(Cl)=C(Cl)Cl)=C(/Sc1ccccc1)N1CCOCC1. The predicted octanol–water partition coefficient (Wildman–Crippen LogP) is 4.35. The Morgan fingerprint density at radius 2 is 1.78 bits per heavy atom. The van der Waals surface area contributed by atoms with Crippen molar-refractivity contribution < 1.29 is 9.94 Å². The highest BCUT2D eigenvalue weighted by Gasteiger charge is 2.23. The zero-order valence-electron chi connectivity index (χ0n) is 11.9. The topological polar surface area (TPSA) is 59.0 Å². The van der Waals surface area contributed by atoms with Crippen LogP contribution >= 0.6 is 46.6 Å². The summed E-state index contributed by atoms with van der Waals surface area (Å²) in [5.74, 6) is 0. The minimum absolute atomic E-state index is 0.192. The Morgan fingerprint density at radius 1 is 1.17 bits per heavy atom. The van der Waals surface area contributed by atoms with E-state index in [-0.39, 0.29) is 20.4 Å². The van der Waals surface area contributed by atoms with E-state index in [0.717, 1.165) is 4.90 Å². The lowest BCUT2D eigenvalue weighted by Gasteiger charge is -2.35. The standard InChI is InChI=1S/C14H14Cl3N2O3S/c15-11(13(16)17)12(19(20)21)14(18-6-8-22-9-7-18)23-10-4-2-1-3-5-10/h1-5,20H,6-9H2/q-1/b14-12+. The summed E-state index contributed by atoms with van der Waals surface area (Å²) in [5, 5.41) is 21.1. The third-order valence-corrected chi connectivity index (χ3v) is 5.12. The third kappa shape index (κ3) is 5.19. The number of hydrogen-bond donors (Lipinski definition) is 1. The van der Waals surface area contributed by atoms with Gasteiger partial charge in [0.1, 0.15) is 15.2 Å². The van der Waals surface area contributed by atoms with Gasteiger partial charge in [-0.1, -0.05) is 64.8 Å². The first-order chi connectivity index (χ1) is 11.0. The van der Waals surface area contributed by atoms with E-state index in [1.165, 1.54) is 11.8 Å². The summed E-state index contributed by atoms with van der Waals surface area (Å²) >= 11 is 18.7. The van der Waals surface area contributed by atoms with Gasteiger partial charge in [-0.25, -0.2) is 0 Å². The van der Waals surface area contributed by atoms with Crippen molar-refractivity contribution >= 4 is 46.6 Å². The van der Waals surface area contributed by atoms with Crippen LogP contribution in [-0.4, -0.2) is 41.6 Å². The first kappa shape index (κ1) is 18.7. The zero-order chi connectivity index (χ0) is 16.8. The Labute approximate surface area is 153 Å². The number of benzene rings is 1. The number of halogens is 3. The summed E-state index contributed by atoms with van der Waals surface area (Å²) in [7, 11) is 0. The number of thioether (sulfide) groups is 1. The van der Waals surface area contributed by atoms with E-state index < -0.39 is 0 Å². The highest BCUT2D eigenvalue weighted by atomic mass is 35.5. The van der Waals surface area contributed by atoms with Gasteiger partial charge in [-0.3, -0.25) is 5.21 Å². The maximum Gasteiger partial charge on any atom is 0.127 e. The van der Waals surface area contributed by atoms with Crippen molar-refractivity contribution in [1.82, 2.24) is 10.1 Å². The van der Waals surface area contributed by atoms with Crippen LogP contribution in [-0.2, 0) is 4.74 Å². The lowest BCUT2D eigenvalue weighted by Crippen LogP contribution is -2.36. The van der Waals surface area contributed by atoms with Crippen LogP contribution in [0.15, 0.2) is 55.5 Å². The number of allylic oxidation sites excluding steroid dienone is 1. The van der Waals surface area contributed by atoms with Crippen LogP contribution in [0.5, 0.6) is 0 Å². The molecule has 0 unspecified atom stereocenters. The largest absolute Gasteiger partial charge is 0.733 e. The van der Waals surface area contributed by atoms with Gasteiger partial charge < -0.3 is 20.1 Å². The molecular formula is C14H14Cl3N2O3S-. The van der Waals surface area contributed by atoms with Crippen molar-refractivity contribution in [3.05, 3.63) is 55.8 Å². The van der Waals surface area contributed by atoms with E-state index >= 15 is 0 Å². The molecule has 0 bridgehead atoms. The maximum atomic E-state index is 11.7. The van der Waals surface area contributed by atoms with Crippen molar-refractivity contribution in [1.29, 1.82) is 0 Å². The van der Waals surface area contributed by atoms with Crippen molar-refractivity contribution in [2.24, 2.45) is 0 Å². The van der Waals surface area contributed by atoms with Gasteiger partial charge in [0.2, 0.25) is 0 Å². The molecule has 1 N–H and O–H groups in total. The van der Waals surface area contributed by atoms with Crippen LogP contribution in [0.1, 0.15) is 0 Å². The van der Waals surface area contributed by atoms with E-state index in [4.69, 9.17) is 39.5 Å². The lowest BCUT2D eigenvalue weighted by molar-refractivity contribution is -0.00442. The summed E-state index contributed by atoms with van der Waals surface area (Å²) in [5.41, 5.74) is -0.192. The van der Waals surface area contributed by atoms with Gasteiger partial charge in [-0.15, -0.1) is 0 Å². The minimum atomic E-state index is -0.312. The number of hydrogen-bond acceptors (Lipinski definition) is 6. The first-order valence-electron chi connectivity index (χ1n) is 6.68. The molecule has 1 aliphatic heterocycles. The summed E-state index contributed by atoms with van der Waals surface area (Å²) < 4.78 is 5.03. The zero-order valence-corrected chi connectivity index (χ0v) is 15.0. The van der Waals surface area contributed by atoms with Crippen LogP contribution in [0.3, 0.4) is 0 Å². The van der Waals surface area contributed by atoms with Gasteiger partial charge in [0, 0.05) is 18.0 Å². The number of rotatable bonds is 5.